The van der Waals surface area contributed by atoms with Gasteiger partial charge in [0.2, 0.25) is 11.0 Å². The van der Waals surface area contributed by atoms with Crippen LogP contribution in [0.3, 0.4) is 0 Å². The molecule has 1 saturated carbocycles. The predicted octanol–water partition coefficient (Wildman–Crippen LogP) is 6.50. The third-order valence-electron chi connectivity index (χ3n) is 5.74. The molecule has 4 aromatic rings. The van der Waals surface area contributed by atoms with Crippen molar-refractivity contribution in [1.82, 2.24) is 10.2 Å². The maximum atomic E-state index is 13.2. The predicted molar refractivity (Wildman–Crippen MR) is 127 cm³/mol. The number of aromatic nitrogens is 2. The molecular formula is C23H21N3OS3. The summed E-state index contributed by atoms with van der Waals surface area (Å²) in [5.41, 5.74) is 0.873. The van der Waals surface area contributed by atoms with Crippen molar-refractivity contribution in [2.24, 2.45) is 0 Å². The number of fused-ring (bicyclic) bond motifs is 1. The average molecular weight is 452 g/mol. The third kappa shape index (κ3) is 3.77. The number of amides is 1. The van der Waals surface area contributed by atoms with E-state index in [0.29, 0.717) is 5.13 Å². The number of thiophene rings is 1. The Labute approximate surface area is 187 Å². The minimum atomic E-state index is -0.407. The van der Waals surface area contributed by atoms with E-state index in [-0.39, 0.29) is 5.91 Å². The van der Waals surface area contributed by atoms with Gasteiger partial charge in [0.15, 0.2) is 4.34 Å². The van der Waals surface area contributed by atoms with Crippen molar-refractivity contribution in [3.8, 4) is 0 Å². The minimum absolute atomic E-state index is 0.0594. The lowest BCUT2D eigenvalue weighted by Crippen LogP contribution is -2.37. The topological polar surface area (TPSA) is 54.9 Å². The number of benzene rings is 2. The molecule has 0 unspecified atom stereocenters. The van der Waals surface area contributed by atoms with Gasteiger partial charge in [0.1, 0.15) is 0 Å². The molecule has 0 radical (unpaired) electrons. The number of rotatable bonds is 6. The Bertz CT molecular complexity index is 1160. The van der Waals surface area contributed by atoms with E-state index < -0.39 is 5.41 Å². The summed E-state index contributed by atoms with van der Waals surface area (Å²) in [5, 5.41) is 16.7. The molecule has 2 aromatic heterocycles. The SMILES string of the molecule is O=C(Nc1nnc(SCc2cccc3ccccc23)s1)C1(c2cccs2)CCCC1. The molecule has 30 heavy (non-hydrogen) atoms. The van der Waals surface area contributed by atoms with E-state index in [4.69, 9.17) is 0 Å². The standard InChI is InChI=1S/C23H21N3OS3/c27-20(23(12-3-4-13-23)19-11-6-14-28-19)24-21-25-26-22(30-21)29-15-17-9-5-8-16-7-1-2-10-18(16)17/h1-2,5-11,14H,3-4,12-13,15H2,(H,24,25,27). The molecule has 5 rings (SSSR count). The largest absolute Gasteiger partial charge is 0.300 e. The van der Waals surface area contributed by atoms with Gasteiger partial charge in [0.25, 0.3) is 0 Å². The summed E-state index contributed by atoms with van der Waals surface area (Å²) >= 11 is 4.79. The van der Waals surface area contributed by atoms with Gasteiger partial charge in [-0.1, -0.05) is 84.5 Å². The van der Waals surface area contributed by atoms with Crippen LogP contribution in [0.1, 0.15) is 36.1 Å². The Hall–Kier alpha value is -2.22. The van der Waals surface area contributed by atoms with Crippen LogP contribution in [-0.2, 0) is 16.0 Å². The molecule has 1 N–H and O–H groups in total. The lowest BCUT2D eigenvalue weighted by molar-refractivity contribution is -0.121. The number of hydrogen-bond acceptors (Lipinski definition) is 6. The number of hydrogen-bond donors (Lipinski definition) is 1. The lowest BCUT2D eigenvalue weighted by atomic mass is 9.83. The Morgan fingerprint density at radius 1 is 1.03 bits per heavy atom. The van der Waals surface area contributed by atoms with Gasteiger partial charge in [0.05, 0.1) is 5.41 Å². The molecule has 0 spiro atoms. The van der Waals surface area contributed by atoms with E-state index in [1.54, 1.807) is 23.1 Å². The molecule has 152 valence electrons. The molecule has 1 aliphatic rings. The molecule has 1 fully saturated rings. The summed E-state index contributed by atoms with van der Waals surface area (Å²) < 4.78 is 0.870. The number of nitrogens with one attached hydrogen (secondary N) is 1. The van der Waals surface area contributed by atoms with E-state index in [0.717, 1.165) is 40.7 Å². The average Bonchev–Trinajstić information content (AvgIpc) is 3.54. The van der Waals surface area contributed by atoms with Gasteiger partial charge >= 0.3 is 0 Å². The Balaban J connectivity index is 1.28. The molecule has 0 saturated heterocycles. The molecule has 2 aromatic carbocycles. The van der Waals surface area contributed by atoms with Crippen molar-refractivity contribution in [3.63, 3.8) is 0 Å². The second-order valence-corrected chi connectivity index (χ2v) is 10.7. The van der Waals surface area contributed by atoms with E-state index in [9.17, 15) is 4.79 Å². The Morgan fingerprint density at radius 3 is 2.70 bits per heavy atom. The first kappa shape index (κ1) is 19.7. The van der Waals surface area contributed by atoms with Crippen LogP contribution < -0.4 is 5.32 Å². The van der Waals surface area contributed by atoms with Crippen molar-refractivity contribution in [1.29, 1.82) is 0 Å². The zero-order valence-corrected chi connectivity index (χ0v) is 18.8. The fourth-order valence-electron chi connectivity index (χ4n) is 4.21. The summed E-state index contributed by atoms with van der Waals surface area (Å²) in [6, 6.07) is 18.9. The number of nitrogens with zero attached hydrogens (tertiary/aromatic N) is 2. The van der Waals surface area contributed by atoms with Crippen molar-refractivity contribution >= 4 is 56.2 Å². The smallest absolute Gasteiger partial charge is 0.237 e. The van der Waals surface area contributed by atoms with E-state index in [1.165, 1.54) is 27.7 Å². The van der Waals surface area contributed by atoms with Crippen LogP contribution in [0.15, 0.2) is 64.3 Å². The van der Waals surface area contributed by atoms with Crippen LogP contribution in [-0.4, -0.2) is 16.1 Å². The van der Waals surface area contributed by atoms with Gasteiger partial charge in [0, 0.05) is 10.6 Å². The number of thioether (sulfide) groups is 1. The maximum absolute atomic E-state index is 13.2. The molecule has 2 heterocycles. The zero-order valence-electron chi connectivity index (χ0n) is 16.3. The monoisotopic (exact) mass is 451 g/mol. The van der Waals surface area contributed by atoms with Crippen LogP contribution >= 0.6 is 34.4 Å². The number of anilines is 1. The molecule has 1 aliphatic carbocycles. The molecule has 0 aliphatic heterocycles. The zero-order chi connectivity index (χ0) is 20.4. The highest BCUT2D eigenvalue weighted by Crippen LogP contribution is 2.44. The van der Waals surface area contributed by atoms with Crippen LogP contribution in [0.5, 0.6) is 0 Å². The maximum Gasteiger partial charge on any atom is 0.237 e. The first-order valence-corrected chi connectivity index (χ1v) is 12.7. The Kier molecular flexibility index (Phi) is 5.58. The van der Waals surface area contributed by atoms with Crippen molar-refractivity contribution in [3.05, 3.63) is 70.4 Å². The molecular weight excluding hydrogens is 430 g/mol. The van der Waals surface area contributed by atoms with Gasteiger partial charge in [-0.15, -0.1) is 21.5 Å². The van der Waals surface area contributed by atoms with Crippen molar-refractivity contribution in [2.45, 2.75) is 41.2 Å². The van der Waals surface area contributed by atoms with Crippen molar-refractivity contribution < 1.29 is 4.79 Å². The number of carbonyl (C=O) groups excluding carboxylic acids is 1. The second-order valence-electron chi connectivity index (χ2n) is 7.52. The highest BCUT2D eigenvalue weighted by atomic mass is 32.2. The molecule has 7 heteroatoms. The van der Waals surface area contributed by atoms with E-state index in [1.807, 2.05) is 6.07 Å². The van der Waals surface area contributed by atoms with E-state index in [2.05, 4.69) is 69.4 Å². The molecule has 4 nitrogen and oxygen atoms in total. The highest BCUT2D eigenvalue weighted by Gasteiger charge is 2.43. The molecule has 0 atom stereocenters. The van der Waals surface area contributed by atoms with Crippen LogP contribution in [0.2, 0.25) is 0 Å². The van der Waals surface area contributed by atoms with Gasteiger partial charge in [-0.2, -0.15) is 0 Å². The summed E-state index contributed by atoms with van der Waals surface area (Å²) in [7, 11) is 0. The normalized spacial score (nSPS) is 15.5. The fraction of sp³-hybridized carbons (Fsp3) is 0.261. The number of carbonyl (C=O) groups is 1. The summed E-state index contributed by atoms with van der Waals surface area (Å²) in [5.74, 6) is 0.882. The highest BCUT2D eigenvalue weighted by molar-refractivity contribution is 8.00. The summed E-state index contributed by atoms with van der Waals surface area (Å²) in [6.45, 7) is 0. The first-order chi connectivity index (χ1) is 14.7. The Morgan fingerprint density at radius 2 is 1.87 bits per heavy atom. The van der Waals surface area contributed by atoms with Gasteiger partial charge in [-0.3, -0.25) is 10.1 Å². The second kappa shape index (κ2) is 8.49. The van der Waals surface area contributed by atoms with Crippen LogP contribution in [0.4, 0.5) is 5.13 Å². The molecule has 1 amide bonds. The summed E-state index contributed by atoms with van der Waals surface area (Å²) in [4.78, 5) is 14.4. The summed E-state index contributed by atoms with van der Waals surface area (Å²) in [6.07, 6.45) is 3.99. The molecule has 0 bridgehead atoms. The minimum Gasteiger partial charge on any atom is -0.300 e. The van der Waals surface area contributed by atoms with E-state index >= 15 is 0 Å². The van der Waals surface area contributed by atoms with Crippen LogP contribution in [0, 0.1) is 0 Å². The fourth-order valence-corrected chi connectivity index (χ4v) is 6.94. The van der Waals surface area contributed by atoms with Gasteiger partial charge in [-0.05, 0) is 40.6 Å². The van der Waals surface area contributed by atoms with Crippen molar-refractivity contribution in [2.75, 3.05) is 5.32 Å². The van der Waals surface area contributed by atoms with Gasteiger partial charge < -0.3 is 0 Å². The van der Waals surface area contributed by atoms with Crippen LogP contribution in [0.25, 0.3) is 10.8 Å². The third-order valence-corrected chi connectivity index (χ3v) is 8.84. The first-order valence-electron chi connectivity index (χ1n) is 10.0. The quantitative estimate of drug-likeness (QED) is 0.269. The lowest BCUT2D eigenvalue weighted by Gasteiger charge is -2.25. The van der Waals surface area contributed by atoms with Gasteiger partial charge in [-0.25, -0.2) is 0 Å².